The highest BCUT2D eigenvalue weighted by Crippen LogP contribution is 2.17. The fourth-order valence-electron chi connectivity index (χ4n) is 1.72. The number of amides is 1. The molecule has 1 atom stereocenters. The number of nitrogens with zero attached hydrogens (tertiary/aromatic N) is 1. The van der Waals surface area contributed by atoms with Crippen LogP contribution < -0.4 is 16.8 Å². The molecule has 6 heteroatoms. The van der Waals surface area contributed by atoms with Crippen LogP contribution in [0.4, 0.5) is 11.4 Å². The third-order valence-electron chi connectivity index (χ3n) is 2.68. The largest absolute Gasteiger partial charge is 0.399 e. The molecular formula is C13H16N4OS. The first-order valence-corrected chi connectivity index (χ1v) is 6.78. The molecule has 0 aliphatic rings. The third-order valence-corrected chi connectivity index (χ3v) is 3.69. The molecule has 5 nitrogen and oxygen atoms in total. The molecule has 0 aliphatic carbocycles. The molecule has 0 saturated heterocycles. The van der Waals surface area contributed by atoms with Gasteiger partial charge in [0.1, 0.15) is 0 Å². The molecule has 100 valence electrons. The highest BCUT2D eigenvalue weighted by Gasteiger charge is 2.11. The second-order valence-electron chi connectivity index (χ2n) is 4.37. The number of nitrogen functional groups attached to an aromatic ring is 2. The Bertz CT molecular complexity index is 548. The summed E-state index contributed by atoms with van der Waals surface area (Å²) in [7, 11) is 0. The minimum Gasteiger partial charge on any atom is -0.399 e. The summed E-state index contributed by atoms with van der Waals surface area (Å²) in [5.41, 5.74) is 12.8. The van der Waals surface area contributed by atoms with Gasteiger partial charge in [0.25, 0.3) is 5.91 Å². The van der Waals surface area contributed by atoms with Crippen LogP contribution in [0.25, 0.3) is 0 Å². The summed E-state index contributed by atoms with van der Waals surface area (Å²) >= 11 is 1.58. The number of benzene rings is 1. The summed E-state index contributed by atoms with van der Waals surface area (Å²) in [5, 5.41) is 5.79. The topological polar surface area (TPSA) is 94.0 Å². The van der Waals surface area contributed by atoms with Gasteiger partial charge in [0.2, 0.25) is 0 Å². The summed E-state index contributed by atoms with van der Waals surface area (Å²) in [6.07, 6.45) is 1.76. The molecule has 19 heavy (non-hydrogen) atoms. The van der Waals surface area contributed by atoms with Crippen molar-refractivity contribution in [3.8, 4) is 0 Å². The van der Waals surface area contributed by atoms with E-state index in [1.807, 2.05) is 12.3 Å². The Morgan fingerprint density at radius 1 is 1.37 bits per heavy atom. The molecule has 2 aromatic rings. The minimum atomic E-state index is -0.178. The van der Waals surface area contributed by atoms with Gasteiger partial charge in [0, 0.05) is 41.0 Å². The third kappa shape index (κ3) is 3.45. The standard InChI is InChI=1S/C13H16N4OS/c1-8(13-16-2-3-19-13)7-17-12(18)9-4-10(14)6-11(15)5-9/h2-6,8H,7,14-15H2,1H3,(H,17,18). The van der Waals surface area contributed by atoms with Gasteiger partial charge in [-0.1, -0.05) is 6.92 Å². The van der Waals surface area contributed by atoms with E-state index in [1.54, 1.807) is 35.7 Å². The lowest BCUT2D eigenvalue weighted by Crippen LogP contribution is -2.27. The van der Waals surface area contributed by atoms with Crippen molar-refractivity contribution in [2.75, 3.05) is 18.0 Å². The van der Waals surface area contributed by atoms with Crippen LogP contribution in [0.5, 0.6) is 0 Å². The van der Waals surface area contributed by atoms with Gasteiger partial charge in [-0.15, -0.1) is 11.3 Å². The highest BCUT2D eigenvalue weighted by atomic mass is 32.1. The van der Waals surface area contributed by atoms with Crippen molar-refractivity contribution in [2.45, 2.75) is 12.8 Å². The lowest BCUT2D eigenvalue weighted by molar-refractivity contribution is 0.0951. The van der Waals surface area contributed by atoms with E-state index in [2.05, 4.69) is 10.3 Å². The quantitative estimate of drug-likeness (QED) is 0.743. The molecule has 0 aliphatic heterocycles. The Balaban J connectivity index is 1.98. The van der Waals surface area contributed by atoms with E-state index in [-0.39, 0.29) is 11.8 Å². The summed E-state index contributed by atoms with van der Waals surface area (Å²) < 4.78 is 0. The fraction of sp³-hybridized carbons (Fsp3) is 0.231. The molecule has 0 saturated carbocycles. The molecule has 0 radical (unpaired) electrons. The van der Waals surface area contributed by atoms with Crippen LogP contribution in [0, 0.1) is 0 Å². The van der Waals surface area contributed by atoms with Gasteiger partial charge in [-0.2, -0.15) is 0 Å². The van der Waals surface area contributed by atoms with Crippen LogP contribution in [0.15, 0.2) is 29.8 Å². The molecule has 1 aromatic heterocycles. The van der Waals surface area contributed by atoms with E-state index in [9.17, 15) is 4.79 Å². The number of hydrogen-bond donors (Lipinski definition) is 3. The summed E-state index contributed by atoms with van der Waals surface area (Å²) in [6.45, 7) is 2.55. The van der Waals surface area contributed by atoms with Gasteiger partial charge in [0.15, 0.2) is 0 Å². The van der Waals surface area contributed by atoms with E-state index < -0.39 is 0 Å². The second kappa shape index (κ2) is 5.71. The molecule has 1 unspecified atom stereocenters. The van der Waals surface area contributed by atoms with Crippen LogP contribution in [0.2, 0.25) is 0 Å². The first-order valence-electron chi connectivity index (χ1n) is 5.90. The zero-order chi connectivity index (χ0) is 13.8. The first-order chi connectivity index (χ1) is 9.06. The number of anilines is 2. The van der Waals surface area contributed by atoms with Crippen molar-refractivity contribution >= 4 is 28.6 Å². The van der Waals surface area contributed by atoms with Crippen molar-refractivity contribution < 1.29 is 4.79 Å². The number of aromatic nitrogens is 1. The predicted octanol–water partition coefficient (Wildman–Crippen LogP) is 1.84. The van der Waals surface area contributed by atoms with Gasteiger partial charge in [-0.05, 0) is 18.2 Å². The van der Waals surface area contributed by atoms with E-state index >= 15 is 0 Å². The molecular weight excluding hydrogens is 260 g/mol. The highest BCUT2D eigenvalue weighted by molar-refractivity contribution is 7.09. The number of nitrogens with one attached hydrogen (secondary N) is 1. The van der Waals surface area contributed by atoms with E-state index in [0.717, 1.165) is 5.01 Å². The van der Waals surface area contributed by atoms with E-state index in [1.165, 1.54) is 0 Å². The smallest absolute Gasteiger partial charge is 0.251 e. The SMILES string of the molecule is CC(CNC(=O)c1cc(N)cc(N)c1)c1nccs1. The van der Waals surface area contributed by atoms with Crippen molar-refractivity contribution in [3.05, 3.63) is 40.3 Å². The van der Waals surface area contributed by atoms with Crippen LogP contribution >= 0.6 is 11.3 Å². The van der Waals surface area contributed by atoms with Crippen molar-refractivity contribution in [1.82, 2.24) is 10.3 Å². The predicted molar refractivity (Wildman–Crippen MR) is 78.1 cm³/mol. The van der Waals surface area contributed by atoms with Gasteiger partial charge < -0.3 is 16.8 Å². The fourth-order valence-corrected chi connectivity index (χ4v) is 2.42. The summed E-state index contributed by atoms with van der Waals surface area (Å²) in [4.78, 5) is 16.2. The monoisotopic (exact) mass is 276 g/mol. The molecule has 0 bridgehead atoms. The minimum absolute atomic E-state index is 0.178. The number of thiazole rings is 1. The van der Waals surface area contributed by atoms with Gasteiger partial charge in [-0.25, -0.2) is 4.98 Å². The molecule has 5 N–H and O–H groups in total. The zero-order valence-electron chi connectivity index (χ0n) is 10.6. The number of nitrogens with two attached hydrogens (primary N) is 2. The van der Waals surface area contributed by atoms with Crippen LogP contribution in [0.3, 0.4) is 0 Å². The molecule has 0 fully saturated rings. The lowest BCUT2D eigenvalue weighted by Gasteiger charge is -2.10. The maximum atomic E-state index is 12.0. The number of rotatable bonds is 4. The van der Waals surface area contributed by atoms with E-state index in [4.69, 9.17) is 11.5 Å². The van der Waals surface area contributed by atoms with Crippen molar-refractivity contribution in [3.63, 3.8) is 0 Å². The van der Waals surface area contributed by atoms with Crippen molar-refractivity contribution in [2.24, 2.45) is 0 Å². The molecule has 0 spiro atoms. The normalized spacial score (nSPS) is 12.1. The van der Waals surface area contributed by atoms with Gasteiger partial charge in [-0.3, -0.25) is 4.79 Å². The van der Waals surface area contributed by atoms with Crippen LogP contribution in [0.1, 0.15) is 28.2 Å². The van der Waals surface area contributed by atoms with Gasteiger partial charge >= 0.3 is 0 Å². The Morgan fingerprint density at radius 2 is 2.05 bits per heavy atom. The Hall–Kier alpha value is -2.08. The molecule has 1 aromatic carbocycles. The summed E-state index contributed by atoms with van der Waals surface area (Å²) in [5.74, 6) is 0.00441. The average Bonchev–Trinajstić information content (AvgIpc) is 2.88. The maximum absolute atomic E-state index is 12.0. The second-order valence-corrected chi connectivity index (χ2v) is 5.30. The Kier molecular flexibility index (Phi) is 4.01. The average molecular weight is 276 g/mol. The molecule has 1 heterocycles. The Morgan fingerprint density at radius 3 is 2.63 bits per heavy atom. The zero-order valence-corrected chi connectivity index (χ0v) is 11.4. The number of carbonyl (C=O) groups excluding carboxylic acids is 1. The molecule has 2 rings (SSSR count). The molecule has 1 amide bonds. The number of hydrogen-bond acceptors (Lipinski definition) is 5. The maximum Gasteiger partial charge on any atom is 0.251 e. The van der Waals surface area contributed by atoms with Crippen molar-refractivity contribution in [1.29, 1.82) is 0 Å². The summed E-state index contributed by atoms with van der Waals surface area (Å²) in [6, 6.07) is 4.84. The van der Waals surface area contributed by atoms with E-state index in [0.29, 0.717) is 23.5 Å². The van der Waals surface area contributed by atoms with Gasteiger partial charge in [0.05, 0.1) is 5.01 Å². The Labute approximate surface area is 115 Å². The lowest BCUT2D eigenvalue weighted by atomic mass is 10.1. The van der Waals surface area contributed by atoms with Crippen LogP contribution in [-0.4, -0.2) is 17.4 Å². The first kappa shape index (κ1) is 13.4. The van der Waals surface area contributed by atoms with Crippen LogP contribution in [-0.2, 0) is 0 Å². The number of carbonyl (C=O) groups is 1.